The van der Waals surface area contributed by atoms with Gasteiger partial charge >= 0.3 is 0 Å². The minimum atomic E-state index is -0.661. The summed E-state index contributed by atoms with van der Waals surface area (Å²) in [5.41, 5.74) is 0.907. The minimum Gasteiger partial charge on any atom is -0.394 e. The van der Waals surface area contributed by atoms with Crippen LogP contribution in [0.15, 0.2) is 48.8 Å². The highest BCUT2D eigenvalue weighted by Gasteiger charge is 2.17. The van der Waals surface area contributed by atoms with E-state index in [0.717, 1.165) is 12.5 Å². The highest BCUT2D eigenvalue weighted by molar-refractivity contribution is 6.04. The number of aliphatic hydroxyl groups is 1. The number of hydrogen-bond donors (Lipinski definition) is 3. The van der Waals surface area contributed by atoms with Gasteiger partial charge in [0.2, 0.25) is 0 Å². The largest absolute Gasteiger partial charge is 0.394 e. The molecule has 3 N–H and O–H groups in total. The molecule has 0 aliphatic carbocycles. The molecule has 1 unspecified atom stereocenters. The van der Waals surface area contributed by atoms with E-state index in [1.165, 1.54) is 18.3 Å². The van der Waals surface area contributed by atoms with Crippen LogP contribution in [0.4, 0.5) is 10.1 Å². The van der Waals surface area contributed by atoms with Crippen molar-refractivity contribution in [3.8, 4) is 0 Å². The molecule has 0 aliphatic heterocycles. The molecule has 3 rings (SSSR count). The van der Waals surface area contributed by atoms with Crippen LogP contribution in [0.3, 0.4) is 0 Å². The van der Waals surface area contributed by atoms with Crippen LogP contribution in [0.1, 0.15) is 40.6 Å². The van der Waals surface area contributed by atoms with E-state index in [0.29, 0.717) is 12.1 Å². The number of pyridine rings is 1. The van der Waals surface area contributed by atoms with Gasteiger partial charge < -0.3 is 15.7 Å². The Balaban J connectivity index is 1.79. The SMILES string of the molecule is CCCC(CO)NC(=O)c1ccc(F)c(NC(=O)c2cnc3ccccn23)c1. The van der Waals surface area contributed by atoms with Crippen molar-refractivity contribution in [1.29, 1.82) is 0 Å². The van der Waals surface area contributed by atoms with Gasteiger partial charge in [0, 0.05) is 11.8 Å². The predicted octanol–water partition coefficient (Wildman–Crippen LogP) is 2.62. The van der Waals surface area contributed by atoms with Gasteiger partial charge in [0.15, 0.2) is 0 Å². The molecular weight excluding hydrogens is 363 g/mol. The number of nitrogens with one attached hydrogen (secondary N) is 2. The van der Waals surface area contributed by atoms with Crippen molar-refractivity contribution >= 4 is 23.1 Å². The number of aromatic nitrogens is 2. The van der Waals surface area contributed by atoms with Gasteiger partial charge in [0.1, 0.15) is 17.2 Å². The summed E-state index contributed by atoms with van der Waals surface area (Å²) >= 11 is 0. The summed E-state index contributed by atoms with van der Waals surface area (Å²) in [5, 5.41) is 14.5. The molecule has 0 radical (unpaired) electrons. The number of imidazole rings is 1. The first-order chi connectivity index (χ1) is 13.5. The van der Waals surface area contributed by atoms with Crippen LogP contribution in [0.2, 0.25) is 0 Å². The lowest BCUT2D eigenvalue weighted by Gasteiger charge is -2.16. The molecule has 28 heavy (non-hydrogen) atoms. The summed E-state index contributed by atoms with van der Waals surface area (Å²) in [7, 11) is 0. The molecule has 2 aromatic heterocycles. The first-order valence-corrected chi connectivity index (χ1v) is 8.98. The first-order valence-electron chi connectivity index (χ1n) is 8.98. The summed E-state index contributed by atoms with van der Waals surface area (Å²) < 4.78 is 15.8. The molecule has 2 heterocycles. The van der Waals surface area contributed by atoms with Crippen molar-refractivity contribution < 1.29 is 19.1 Å². The summed E-state index contributed by atoms with van der Waals surface area (Å²) in [5.74, 6) is -1.65. The number of nitrogens with zero attached hydrogens (tertiary/aromatic N) is 2. The third-order valence-electron chi connectivity index (χ3n) is 4.32. The van der Waals surface area contributed by atoms with E-state index in [4.69, 9.17) is 0 Å². The van der Waals surface area contributed by atoms with Crippen LogP contribution in [-0.2, 0) is 0 Å². The second-order valence-electron chi connectivity index (χ2n) is 6.36. The fourth-order valence-corrected chi connectivity index (χ4v) is 2.88. The Labute approximate surface area is 161 Å². The number of benzene rings is 1. The molecule has 1 aromatic carbocycles. The van der Waals surface area contributed by atoms with E-state index in [2.05, 4.69) is 15.6 Å². The molecular formula is C20H21FN4O3. The summed E-state index contributed by atoms with van der Waals surface area (Å²) in [6.07, 6.45) is 4.51. The van der Waals surface area contributed by atoms with Crippen LogP contribution >= 0.6 is 0 Å². The van der Waals surface area contributed by atoms with Crippen LogP contribution < -0.4 is 10.6 Å². The zero-order chi connectivity index (χ0) is 20.1. The van der Waals surface area contributed by atoms with Gasteiger partial charge in [-0.05, 0) is 36.8 Å². The molecule has 0 spiro atoms. The van der Waals surface area contributed by atoms with E-state index >= 15 is 0 Å². The summed E-state index contributed by atoms with van der Waals surface area (Å²) in [6, 6.07) is 8.64. The molecule has 0 saturated heterocycles. The predicted molar refractivity (Wildman–Crippen MR) is 103 cm³/mol. The molecule has 7 nitrogen and oxygen atoms in total. The molecule has 2 amide bonds. The highest BCUT2D eigenvalue weighted by Crippen LogP contribution is 2.18. The van der Waals surface area contributed by atoms with E-state index in [-0.39, 0.29) is 29.6 Å². The molecule has 0 fully saturated rings. The summed E-state index contributed by atoms with van der Waals surface area (Å²) in [6.45, 7) is 1.76. The average Bonchev–Trinajstić information content (AvgIpc) is 3.13. The van der Waals surface area contributed by atoms with Crippen LogP contribution in [-0.4, -0.2) is 39.0 Å². The third-order valence-corrected chi connectivity index (χ3v) is 4.32. The van der Waals surface area contributed by atoms with Gasteiger partial charge in [-0.25, -0.2) is 9.37 Å². The Morgan fingerprint density at radius 3 is 2.82 bits per heavy atom. The van der Waals surface area contributed by atoms with E-state index in [9.17, 15) is 19.1 Å². The number of carbonyl (C=O) groups excluding carboxylic acids is 2. The molecule has 0 saturated carbocycles. The van der Waals surface area contributed by atoms with Crippen LogP contribution in [0, 0.1) is 5.82 Å². The van der Waals surface area contributed by atoms with Crippen molar-refractivity contribution in [2.75, 3.05) is 11.9 Å². The molecule has 146 valence electrons. The number of fused-ring (bicyclic) bond motifs is 1. The molecule has 3 aromatic rings. The molecule has 0 aliphatic rings. The molecule has 1 atom stereocenters. The van der Waals surface area contributed by atoms with Crippen molar-refractivity contribution in [3.05, 3.63) is 65.9 Å². The maximum Gasteiger partial charge on any atom is 0.274 e. The Hall–Kier alpha value is -3.26. The van der Waals surface area contributed by atoms with Gasteiger partial charge in [-0.15, -0.1) is 0 Å². The number of anilines is 1. The van der Waals surface area contributed by atoms with Gasteiger partial charge in [0.05, 0.1) is 24.5 Å². The number of rotatable bonds is 7. The zero-order valence-corrected chi connectivity index (χ0v) is 15.4. The van der Waals surface area contributed by atoms with Crippen molar-refractivity contribution in [2.24, 2.45) is 0 Å². The maximum absolute atomic E-state index is 14.2. The maximum atomic E-state index is 14.2. The number of aliphatic hydroxyl groups excluding tert-OH is 1. The quantitative estimate of drug-likeness (QED) is 0.583. The molecule has 8 heteroatoms. The smallest absolute Gasteiger partial charge is 0.274 e. The topological polar surface area (TPSA) is 95.7 Å². The fraction of sp³-hybridized carbons (Fsp3) is 0.250. The Bertz CT molecular complexity index is 1000. The monoisotopic (exact) mass is 384 g/mol. The van der Waals surface area contributed by atoms with Gasteiger partial charge in [-0.1, -0.05) is 19.4 Å². The lowest BCUT2D eigenvalue weighted by atomic mass is 10.1. The van der Waals surface area contributed by atoms with Crippen molar-refractivity contribution in [2.45, 2.75) is 25.8 Å². The van der Waals surface area contributed by atoms with Gasteiger partial charge in [-0.3, -0.25) is 14.0 Å². The van der Waals surface area contributed by atoms with Crippen molar-refractivity contribution in [1.82, 2.24) is 14.7 Å². The Morgan fingerprint density at radius 2 is 2.07 bits per heavy atom. The number of halogens is 1. The zero-order valence-electron chi connectivity index (χ0n) is 15.4. The Kier molecular flexibility index (Phi) is 6.00. The number of amides is 2. The van der Waals surface area contributed by atoms with E-state index in [1.807, 2.05) is 6.92 Å². The van der Waals surface area contributed by atoms with E-state index < -0.39 is 17.6 Å². The highest BCUT2D eigenvalue weighted by atomic mass is 19.1. The standard InChI is InChI=1S/C20H21FN4O3/c1-2-5-14(12-26)23-19(27)13-7-8-15(21)16(10-13)24-20(28)17-11-22-18-6-3-4-9-25(17)18/h3-4,6-11,14,26H,2,5,12H2,1H3,(H,23,27)(H,24,28). The number of hydrogen-bond acceptors (Lipinski definition) is 4. The summed E-state index contributed by atoms with van der Waals surface area (Å²) in [4.78, 5) is 29.1. The minimum absolute atomic E-state index is 0.112. The van der Waals surface area contributed by atoms with Crippen molar-refractivity contribution in [3.63, 3.8) is 0 Å². The average molecular weight is 384 g/mol. The molecule has 0 bridgehead atoms. The second-order valence-corrected chi connectivity index (χ2v) is 6.36. The lowest BCUT2D eigenvalue weighted by molar-refractivity contribution is 0.0912. The van der Waals surface area contributed by atoms with Gasteiger partial charge in [-0.2, -0.15) is 0 Å². The van der Waals surface area contributed by atoms with Crippen LogP contribution in [0.25, 0.3) is 5.65 Å². The third kappa shape index (κ3) is 4.17. The van der Waals surface area contributed by atoms with E-state index in [1.54, 1.807) is 28.8 Å². The van der Waals surface area contributed by atoms with Gasteiger partial charge in [0.25, 0.3) is 11.8 Å². The lowest BCUT2D eigenvalue weighted by Crippen LogP contribution is -2.37. The Morgan fingerprint density at radius 1 is 1.25 bits per heavy atom. The second kappa shape index (κ2) is 8.62. The first kappa shape index (κ1) is 19.5. The number of carbonyl (C=O) groups is 2. The normalized spacial score (nSPS) is 12.0. The van der Waals surface area contributed by atoms with Crippen LogP contribution in [0.5, 0.6) is 0 Å². The fourth-order valence-electron chi connectivity index (χ4n) is 2.88.